The van der Waals surface area contributed by atoms with E-state index in [0.29, 0.717) is 16.8 Å². The monoisotopic (exact) mass is 268 g/mol. The van der Waals surface area contributed by atoms with E-state index in [4.69, 9.17) is 20.8 Å². The third-order valence-electron chi connectivity index (χ3n) is 2.62. The number of rotatable bonds is 4. The average Bonchev–Trinajstić information content (AvgIpc) is 2.36. The molecular formula is C13H13ClO4. The first-order valence-electron chi connectivity index (χ1n) is 5.63. The van der Waals surface area contributed by atoms with Gasteiger partial charge in [0.25, 0.3) is 0 Å². The van der Waals surface area contributed by atoms with E-state index in [1.807, 2.05) is 6.92 Å². The Morgan fingerprint density at radius 3 is 2.89 bits per heavy atom. The van der Waals surface area contributed by atoms with Gasteiger partial charge in [0.1, 0.15) is 11.7 Å². The molecule has 0 aliphatic carbocycles. The number of hydrogen-bond donors (Lipinski definition) is 1. The molecule has 1 heterocycles. The van der Waals surface area contributed by atoms with Crippen molar-refractivity contribution in [3.63, 3.8) is 0 Å². The Labute approximate surface area is 109 Å². The van der Waals surface area contributed by atoms with Gasteiger partial charge in [0.15, 0.2) is 11.5 Å². The van der Waals surface area contributed by atoms with Crippen molar-refractivity contribution in [1.82, 2.24) is 0 Å². The second kappa shape index (κ2) is 5.31. The molecule has 1 aromatic heterocycles. The molecule has 1 aromatic carbocycles. The largest absolute Gasteiger partial charge is 0.504 e. The number of alkyl halides is 1. The lowest BCUT2D eigenvalue weighted by Gasteiger charge is -2.15. The number of aromatic hydroxyl groups is 1. The van der Waals surface area contributed by atoms with E-state index >= 15 is 0 Å². The molecule has 0 amide bonds. The van der Waals surface area contributed by atoms with E-state index in [1.165, 1.54) is 18.2 Å². The summed E-state index contributed by atoms with van der Waals surface area (Å²) in [5.41, 5.74) is -0.0664. The molecule has 0 radical (unpaired) electrons. The molecule has 0 aliphatic rings. The van der Waals surface area contributed by atoms with Crippen LogP contribution in [0.25, 0.3) is 11.0 Å². The standard InChI is InChI=1S/C13H13ClO4/c1-2-9(7-14)17-12-6-11-8(5-10(12)15)3-4-13(16)18-11/h3-6,9,15H,2,7H2,1H3. The molecule has 1 atom stereocenters. The molecule has 0 fully saturated rings. The Morgan fingerprint density at radius 2 is 2.22 bits per heavy atom. The van der Waals surface area contributed by atoms with Crippen LogP contribution in [0.2, 0.25) is 0 Å². The fourth-order valence-electron chi connectivity index (χ4n) is 1.58. The second-order valence-corrected chi connectivity index (χ2v) is 4.22. The average molecular weight is 269 g/mol. The summed E-state index contributed by atoms with van der Waals surface area (Å²) >= 11 is 5.73. The van der Waals surface area contributed by atoms with E-state index in [9.17, 15) is 9.90 Å². The second-order valence-electron chi connectivity index (χ2n) is 3.91. The van der Waals surface area contributed by atoms with Crippen LogP contribution < -0.4 is 10.4 Å². The molecule has 1 unspecified atom stereocenters. The number of phenolic OH excluding ortho intramolecular Hbond substituents is 1. The van der Waals surface area contributed by atoms with E-state index < -0.39 is 5.63 Å². The summed E-state index contributed by atoms with van der Waals surface area (Å²) in [6.45, 7) is 1.94. The van der Waals surface area contributed by atoms with Crippen molar-refractivity contribution < 1.29 is 14.3 Å². The zero-order valence-electron chi connectivity index (χ0n) is 9.85. The smallest absolute Gasteiger partial charge is 0.336 e. The molecule has 96 valence electrons. The SMILES string of the molecule is CCC(CCl)Oc1cc2oc(=O)ccc2cc1O. The molecule has 5 heteroatoms. The van der Waals surface area contributed by atoms with Crippen LogP contribution in [0.4, 0.5) is 0 Å². The lowest BCUT2D eigenvalue weighted by atomic mass is 10.2. The minimum atomic E-state index is -0.441. The van der Waals surface area contributed by atoms with Gasteiger partial charge in [-0.3, -0.25) is 0 Å². The van der Waals surface area contributed by atoms with Gasteiger partial charge in [0.05, 0.1) is 5.88 Å². The molecule has 0 saturated carbocycles. The minimum absolute atomic E-state index is 0.0000781. The van der Waals surface area contributed by atoms with Gasteiger partial charge in [-0.1, -0.05) is 6.92 Å². The number of fused-ring (bicyclic) bond motifs is 1. The maximum atomic E-state index is 11.1. The van der Waals surface area contributed by atoms with Gasteiger partial charge in [0.2, 0.25) is 0 Å². The number of ether oxygens (including phenoxy) is 1. The van der Waals surface area contributed by atoms with Crippen molar-refractivity contribution in [2.75, 3.05) is 5.88 Å². The fourth-order valence-corrected chi connectivity index (χ4v) is 1.86. The van der Waals surface area contributed by atoms with Crippen LogP contribution in [0, 0.1) is 0 Å². The van der Waals surface area contributed by atoms with Gasteiger partial charge in [-0.2, -0.15) is 0 Å². The van der Waals surface area contributed by atoms with Crippen LogP contribution in [0.3, 0.4) is 0 Å². The quantitative estimate of drug-likeness (QED) is 0.684. The molecule has 4 nitrogen and oxygen atoms in total. The summed E-state index contributed by atoms with van der Waals surface area (Å²) in [5, 5.41) is 10.5. The maximum Gasteiger partial charge on any atom is 0.336 e. The van der Waals surface area contributed by atoms with Crippen LogP contribution in [0.1, 0.15) is 13.3 Å². The highest BCUT2D eigenvalue weighted by molar-refractivity contribution is 6.18. The van der Waals surface area contributed by atoms with Gasteiger partial charge in [-0.25, -0.2) is 4.79 Å². The molecule has 18 heavy (non-hydrogen) atoms. The lowest BCUT2D eigenvalue weighted by Crippen LogP contribution is -2.16. The van der Waals surface area contributed by atoms with Crippen LogP contribution in [0.15, 0.2) is 33.5 Å². The lowest BCUT2D eigenvalue weighted by molar-refractivity contribution is 0.212. The Morgan fingerprint density at radius 1 is 1.44 bits per heavy atom. The molecule has 1 N–H and O–H groups in total. The van der Waals surface area contributed by atoms with Crippen molar-refractivity contribution in [1.29, 1.82) is 0 Å². The highest BCUT2D eigenvalue weighted by atomic mass is 35.5. The van der Waals surface area contributed by atoms with Gasteiger partial charge >= 0.3 is 5.63 Å². The number of hydrogen-bond acceptors (Lipinski definition) is 4. The highest BCUT2D eigenvalue weighted by Gasteiger charge is 2.12. The summed E-state index contributed by atoms with van der Waals surface area (Å²) in [4.78, 5) is 11.1. The number of benzene rings is 1. The molecule has 0 saturated heterocycles. The minimum Gasteiger partial charge on any atom is -0.504 e. The van der Waals surface area contributed by atoms with Crippen molar-refractivity contribution in [3.05, 3.63) is 34.7 Å². The number of phenols is 1. The van der Waals surface area contributed by atoms with Crippen LogP contribution in [-0.2, 0) is 0 Å². The van der Waals surface area contributed by atoms with Crippen molar-refractivity contribution in [2.24, 2.45) is 0 Å². The van der Waals surface area contributed by atoms with Gasteiger partial charge in [-0.05, 0) is 18.6 Å². The third kappa shape index (κ3) is 2.59. The van der Waals surface area contributed by atoms with Crippen molar-refractivity contribution in [2.45, 2.75) is 19.4 Å². The summed E-state index contributed by atoms with van der Waals surface area (Å²) < 4.78 is 10.6. The summed E-state index contributed by atoms with van der Waals surface area (Å²) in [6.07, 6.45) is 0.533. The summed E-state index contributed by atoms with van der Waals surface area (Å²) in [7, 11) is 0. The van der Waals surface area contributed by atoms with E-state index in [2.05, 4.69) is 0 Å². The predicted octanol–water partition coefficient (Wildman–Crippen LogP) is 2.89. The molecular weight excluding hydrogens is 256 g/mol. The van der Waals surface area contributed by atoms with Crippen LogP contribution in [-0.4, -0.2) is 17.1 Å². The molecule has 0 spiro atoms. The zero-order chi connectivity index (χ0) is 13.1. The highest BCUT2D eigenvalue weighted by Crippen LogP contribution is 2.31. The Balaban J connectivity index is 2.44. The number of halogens is 1. The zero-order valence-corrected chi connectivity index (χ0v) is 10.6. The van der Waals surface area contributed by atoms with E-state index in [0.717, 1.165) is 6.42 Å². The normalized spacial score (nSPS) is 12.6. The maximum absolute atomic E-state index is 11.1. The molecule has 0 aliphatic heterocycles. The van der Waals surface area contributed by atoms with Crippen molar-refractivity contribution in [3.8, 4) is 11.5 Å². The van der Waals surface area contributed by atoms with Crippen molar-refractivity contribution >= 4 is 22.6 Å². The van der Waals surface area contributed by atoms with Gasteiger partial charge < -0.3 is 14.3 Å². The van der Waals surface area contributed by atoms with Gasteiger partial charge in [0, 0.05) is 17.5 Å². The summed E-state index contributed by atoms with van der Waals surface area (Å²) in [6, 6.07) is 5.88. The van der Waals surface area contributed by atoms with E-state index in [-0.39, 0.29) is 17.6 Å². The predicted molar refractivity (Wildman–Crippen MR) is 69.6 cm³/mol. The first-order chi connectivity index (χ1) is 8.63. The molecule has 2 rings (SSSR count). The Kier molecular flexibility index (Phi) is 3.77. The third-order valence-corrected chi connectivity index (χ3v) is 2.97. The summed E-state index contributed by atoms with van der Waals surface area (Å²) in [5.74, 6) is 0.594. The van der Waals surface area contributed by atoms with Gasteiger partial charge in [-0.15, -0.1) is 11.6 Å². The van der Waals surface area contributed by atoms with Crippen LogP contribution in [0.5, 0.6) is 11.5 Å². The fraction of sp³-hybridized carbons (Fsp3) is 0.308. The topological polar surface area (TPSA) is 59.7 Å². The molecule has 0 bridgehead atoms. The Hall–Kier alpha value is -1.68. The van der Waals surface area contributed by atoms with Crippen LogP contribution >= 0.6 is 11.6 Å². The Bertz CT molecular complexity index is 601. The first kappa shape index (κ1) is 12.8. The van der Waals surface area contributed by atoms with E-state index in [1.54, 1.807) is 6.07 Å². The molecule has 2 aromatic rings. The first-order valence-corrected chi connectivity index (χ1v) is 6.17.